The summed E-state index contributed by atoms with van der Waals surface area (Å²) in [6, 6.07) is 5.53. The summed E-state index contributed by atoms with van der Waals surface area (Å²) >= 11 is 6.22. The summed E-state index contributed by atoms with van der Waals surface area (Å²) in [5, 5.41) is -0.0606. The monoisotopic (exact) mass is 225 g/mol. The molecule has 80 valence electrons. The van der Waals surface area contributed by atoms with E-state index in [-0.39, 0.29) is 5.38 Å². The molecular formula is C11H12ClNO2. The Labute approximate surface area is 92.1 Å². The molecule has 1 atom stereocenters. The molecule has 0 aliphatic heterocycles. The Morgan fingerprint density at radius 2 is 2.13 bits per heavy atom. The average Bonchev–Trinajstić information content (AvgIpc) is 2.55. The average molecular weight is 226 g/mol. The normalized spacial score (nSPS) is 13.6. The fraction of sp³-hybridized carbons (Fsp3) is 0.364. The summed E-state index contributed by atoms with van der Waals surface area (Å²) in [7, 11) is 0. The van der Waals surface area contributed by atoms with Gasteiger partial charge in [0.25, 0.3) is 0 Å². The second kappa shape index (κ2) is 3.74. The third kappa shape index (κ3) is 1.92. The molecule has 4 heteroatoms. The van der Waals surface area contributed by atoms with Gasteiger partial charge in [-0.1, -0.05) is 19.9 Å². The molecule has 0 saturated carbocycles. The maximum atomic E-state index is 10.9. The van der Waals surface area contributed by atoms with Crippen molar-refractivity contribution in [1.82, 2.24) is 4.98 Å². The quantitative estimate of drug-likeness (QED) is 0.799. The van der Waals surface area contributed by atoms with Gasteiger partial charge in [0.2, 0.25) is 0 Å². The number of halogens is 1. The number of rotatable bonds is 2. The van der Waals surface area contributed by atoms with E-state index in [2.05, 4.69) is 18.8 Å². The van der Waals surface area contributed by atoms with E-state index in [0.29, 0.717) is 17.0 Å². The first-order valence-electron chi connectivity index (χ1n) is 4.85. The first kappa shape index (κ1) is 10.3. The highest BCUT2D eigenvalue weighted by Gasteiger charge is 2.13. The molecule has 0 radical (unpaired) electrons. The third-order valence-electron chi connectivity index (χ3n) is 2.35. The fourth-order valence-corrected chi connectivity index (χ4v) is 1.65. The van der Waals surface area contributed by atoms with Crippen molar-refractivity contribution in [3.63, 3.8) is 0 Å². The number of alkyl halides is 1. The number of nitrogens with one attached hydrogen (secondary N) is 1. The lowest BCUT2D eigenvalue weighted by Crippen LogP contribution is -1.98. The summed E-state index contributed by atoms with van der Waals surface area (Å²) in [4.78, 5) is 13.5. The molecular weight excluding hydrogens is 214 g/mol. The van der Waals surface area contributed by atoms with E-state index in [4.69, 9.17) is 16.0 Å². The zero-order valence-electron chi connectivity index (χ0n) is 8.58. The Hall–Kier alpha value is -1.22. The van der Waals surface area contributed by atoms with Crippen molar-refractivity contribution in [2.24, 2.45) is 5.92 Å². The highest BCUT2D eigenvalue weighted by Crippen LogP contribution is 2.29. The minimum atomic E-state index is -0.433. The van der Waals surface area contributed by atoms with Crippen molar-refractivity contribution in [3.8, 4) is 0 Å². The number of aromatic nitrogens is 1. The number of benzene rings is 1. The molecule has 0 amide bonds. The van der Waals surface area contributed by atoms with Crippen molar-refractivity contribution >= 4 is 22.7 Å². The third-order valence-corrected chi connectivity index (χ3v) is 3.10. The van der Waals surface area contributed by atoms with E-state index in [1.165, 1.54) is 0 Å². The van der Waals surface area contributed by atoms with Gasteiger partial charge in [-0.05, 0) is 23.6 Å². The predicted octanol–water partition coefficient (Wildman–Crippen LogP) is 3.06. The summed E-state index contributed by atoms with van der Waals surface area (Å²) in [5.41, 5.74) is 2.24. The number of aromatic amines is 1. The van der Waals surface area contributed by atoms with Crippen LogP contribution in [0.5, 0.6) is 0 Å². The molecule has 0 fully saturated rings. The SMILES string of the molecule is CC(C)C(Cl)c1ccc2[nH]c(=O)oc2c1. The Kier molecular flexibility index (Phi) is 2.57. The van der Waals surface area contributed by atoms with E-state index in [1.807, 2.05) is 18.2 Å². The van der Waals surface area contributed by atoms with Crippen molar-refractivity contribution < 1.29 is 4.42 Å². The van der Waals surface area contributed by atoms with Crippen molar-refractivity contribution in [2.45, 2.75) is 19.2 Å². The lowest BCUT2D eigenvalue weighted by molar-refractivity contribution is 0.554. The van der Waals surface area contributed by atoms with Gasteiger partial charge in [-0.25, -0.2) is 4.79 Å². The topological polar surface area (TPSA) is 46.0 Å². The highest BCUT2D eigenvalue weighted by atomic mass is 35.5. The van der Waals surface area contributed by atoms with Gasteiger partial charge in [-0.3, -0.25) is 4.98 Å². The van der Waals surface area contributed by atoms with Gasteiger partial charge >= 0.3 is 5.76 Å². The van der Waals surface area contributed by atoms with Crippen LogP contribution < -0.4 is 5.76 Å². The molecule has 1 heterocycles. The van der Waals surface area contributed by atoms with Crippen LogP contribution in [-0.2, 0) is 0 Å². The molecule has 2 rings (SSSR count). The number of H-pyrrole nitrogens is 1. The molecule has 2 aromatic rings. The van der Waals surface area contributed by atoms with E-state index in [1.54, 1.807) is 0 Å². The summed E-state index contributed by atoms with van der Waals surface area (Å²) in [5.74, 6) is -0.0902. The first-order chi connectivity index (χ1) is 7.08. The molecule has 1 N–H and O–H groups in total. The van der Waals surface area contributed by atoms with Crippen LogP contribution in [0.1, 0.15) is 24.8 Å². The highest BCUT2D eigenvalue weighted by molar-refractivity contribution is 6.21. The van der Waals surface area contributed by atoms with E-state index in [0.717, 1.165) is 5.56 Å². The standard InChI is InChI=1S/C11H12ClNO2/c1-6(2)10(12)7-3-4-8-9(5-7)15-11(14)13-8/h3-6,10H,1-2H3,(H,13,14). The minimum absolute atomic E-state index is 0.0606. The van der Waals surface area contributed by atoms with Gasteiger partial charge in [0.05, 0.1) is 10.9 Å². The predicted molar refractivity (Wildman–Crippen MR) is 60.3 cm³/mol. The Morgan fingerprint density at radius 1 is 1.40 bits per heavy atom. The number of hydrogen-bond donors (Lipinski definition) is 1. The maximum Gasteiger partial charge on any atom is 0.417 e. The van der Waals surface area contributed by atoms with Crippen molar-refractivity contribution in [2.75, 3.05) is 0 Å². The number of fused-ring (bicyclic) bond motifs is 1. The van der Waals surface area contributed by atoms with Crippen LogP contribution in [-0.4, -0.2) is 4.98 Å². The summed E-state index contributed by atoms with van der Waals surface area (Å²) in [6.45, 7) is 4.10. The molecule has 3 nitrogen and oxygen atoms in total. The van der Waals surface area contributed by atoms with Crippen LogP contribution in [0.3, 0.4) is 0 Å². The van der Waals surface area contributed by atoms with Gasteiger partial charge in [-0.15, -0.1) is 11.6 Å². The van der Waals surface area contributed by atoms with Crippen LogP contribution in [0.25, 0.3) is 11.1 Å². The van der Waals surface area contributed by atoms with Gasteiger partial charge in [-0.2, -0.15) is 0 Å². The molecule has 15 heavy (non-hydrogen) atoms. The molecule has 0 aliphatic rings. The van der Waals surface area contributed by atoms with E-state index < -0.39 is 5.76 Å². The summed E-state index contributed by atoms with van der Waals surface area (Å²) < 4.78 is 4.97. The molecule has 0 saturated heterocycles. The smallest absolute Gasteiger partial charge is 0.408 e. The number of oxazole rings is 1. The van der Waals surface area contributed by atoms with E-state index in [9.17, 15) is 4.79 Å². The first-order valence-corrected chi connectivity index (χ1v) is 5.28. The van der Waals surface area contributed by atoms with Crippen LogP contribution in [0.4, 0.5) is 0 Å². The Balaban J connectivity index is 2.50. The molecule has 0 bridgehead atoms. The van der Waals surface area contributed by atoms with Gasteiger partial charge in [0, 0.05) is 0 Å². The number of hydrogen-bond acceptors (Lipinski definition) is 2. The lowest BCUT2D eigenvalue weighted by Gasteiger charge is -2.12. The van der Waals surface area contributed by atoms with Gasteiger partial charge in [0.15, 0.2) is 5.58 Å². The van der Waals surface area contributed by atoms with Crippen molar-refractivity contribution in [3.05, 3.63) is 34.3 Å². The summed E-state index contributed by atoms with van der Waals surface area (Å²) in [6.07, 6.45) is 0. The second-order valence-corrected chi connectivity index (χ2v) is 4.39. The van der Waals surface area contributed by atoms with E-state index >= 15 is 0 Å². The Morgan fingerprint density at radius 3 is 2.80 bits per heavy atom. The van der Waals surface area contributed by atoms with Crippen LogP contribution in [0.2, 0.25) is 0 Å². The second-order valence-electron chi connectivity index (χ2n) is 3.92. The lowest BCUT2D eigenvalue weighted by atomic mass is 10.0. The van der Waals surface area contributed by atoms with Crippen LogP contribution in [0.15, 0.2) is 27.4 Å². The van der Waals surface area contributed by atoms with Crippen LogP contribution in [0, 0.1) is 5.92 Å². The zero-order valence-corrected chi connectivity index (χ0v) is 9.34. The molecule has 0 spiro atoms. The maximum absolute atomic E-state index is 10.9. The zero-order chi connectivity index (χ0) is 11.0. The molecule has 1 aromatic heterocycles. The van der Waals surface area contributed by atoms with Crippen LogP contribution >= 0.6 is 11.6 Å². The molecule has 0 aliphatic carbocycles. The molecule has 1 unspecified atom stereocenters. The fourth-order valence-electron chi connectivity index (χ4n) is 1.52. The van der Waals surface area contributed by atoms with Gasteiger partial charge < -0.3 is 4.42 Å². The molecule has 1 aromatic carbocycles. The minimum Gasteiger partial charge on any atom is -0.408 e. The van der Waals surface area contributed by atoms with Gasteiger partial charge in [0.1, 0.15) is 0 Å². The Bertz CT molecular complexity index is 527. The largest absolute Gasteiger partial charge is 0.417 e. The van der Waals surface area contributed by atoms with Crippen molar-refractivity contribution in [1.29, 1.82) is 0 Å².